The van der Waals surface area contributed by atoms with Gasteiger partial charge in [0.05, 0.1) is 16.3 Å². The lowest BCUT2D eigenvalue weighted by Gasteiger charge is -2.16. The molecule has 1 aromatic rings. The number of amides is 2. The normalized spacial score (nSPS) is 15.0. The average Bonchev–Trinajstić information content (AvgIpc) is 2.54. The van der Waals surface area contributed by atoms with E-state index in [9.17, 15) is 14.4 Å². The van der Waals surface area contributed by atoms with Crippen molar-refractivity contribution in [2.45, 2.75) is 6.92 Å². The summed E-state index contributed by atoms with van der Waals surface area (Å²) in [5, 5.41) is 9.03. The molecule has 1 aliphatic heterocycles. The Hall–Kier alpha value is -2.14. The third-order valence-corrected chi connectivity index (χ3v) is 2.85. The van der Waals surface area contributed by atoms with Gasteiger partial charge in [0.25, 0.3) is 11.8 Å². The van der Waals surface area contributed by atoms with Gasteiger partial charge in [-0.3, -0.25) is 9.59 Å². The Balaban J connectivity index is 2.52. The van der Waals surface area contributed by atoms with Crippen molar-refractivity contribution in [3.8, 4) is 0 Å². The van der Waals surface area contributed by atoms with Gasteiger partial charge in [-0.05, 0) is 25.1 Å². The Morgan fingerprint density at radius 1 is 1.33 bits per heavy atom. The van der Waals surface area contributed by atoms with Crippen LogP contribution >= 0.6 is 11.6 Å². The first-order chi connectivity index (χ1) is 8.41. The molecule has 0 atom stereocenters. The number of carbonyl (C=O) groups is 3. The molecule has 1 aromatic carbocycles. The van der Waals surface area contributed by atoms with Gasteiger partial charge in [0, 0.05) is 11.6 Å². The maximum Gasteiger partial charge on any atom is 0.335 e. The molecule has 0 saturated carbocycles. The third-order valence-electron chi connectivity index (χ3n) is 2.53. The topological polar surface area (TPSA) is 74.7 Å². The monoisotopic (exact) mass is 265 g/mol. The van der Waals surface area contributed by atoms with Crippen LogP contribution in [-0.2, 0) is 9.59 Å². The minimum Gasteiger partial charge on any atom is -0.478 e. The minimum atomic E-state index is -1.16. The van der Waals surface area contributed by atoms with Crippen molar-refractivity contribution in [3.05, 3.63) is 40.4 Å². The van der Waals surface area contributed by atoms with Crippen LogP contribution in [0.1, 0.15) is 17.3 Å². The molecule has 6 heteroatoms. The van der Waals surface area contributed by atoms with E-state index < -0.39 is 17.8 Å². The van der Waals surface area contributed by atoms with E-state index in [0.29, 0.717) is 0 Å². The van der Waals surface area contributed by atoms with Crippen LogP contribution in [0.15, 0.2) is 29.8 Å². The SMILES string of the molecule is CC1=CC(=O)N(c2cc(C(=O)O)ccc2Cl)C1=O. The zero-order valence-electron chi connectivity index (χ0n) is 9.31. The molecular weight excluding hydrogens is 258 g/mol. The number of halogens is 1. The summed E-state index contributed by atoms with van der Waals surface area (Å²) in [5.41, 5.74) is 0.330. The van der Waals surface area contributed by atoms with Crippen molar-refractivity contribution in [2.24, 2.45) is 0 Å². The fourth-order valence-corrected chi connectivity index (χ4v) is 1.84. The van der Waals surface area contributed by atoms with Gasteiger partial charge in [-0.15, -0.1) is 0 Å². The Morgan fingerprint density at radius 3 is 2.50 bits per heavy atom. The summed E-state index contributed by atoms with van der Waals surface area (Å²) < 4.78 is 0. The maximum absolute atomic E-state index is 11.8. The molecule has 0 saturated heterocycles. The summed E-state index contributed by atoms with van der Waals surface area (Å²) >= 11 is 5.90. The van der Waals surface area contributed by atoms with E-state index >= 15 is 0 Å². The highest BCUT2D eigenvalue weighted by atomic mass is 35.5. The number of hydrogen-bond acceptors (Lipinski definition) is 3. The second-order valence-corrected chi connectivity index (χ2v) is 4.18. The Morgan fingerprint density at radius 2 is 2.00 bits per heavy atom. The largest absolute Gasteiger partial charge is 0.478 e. The van der Waals surface area contributed by atoms with Crippen LogP contribution in [0.3, 0.4) is 0 Å². The highest BCUT2D eigenvalue weighted by Crippen LogP contribution is 2.30. The second-order valence-electron chi connectivity index (χ2n) is 3.78. The lowest BCUT2D eigenvalue weighted by molar-refractivity contribution is -0.120. The summed E-state index contributed by atoms with van der Waals surface area (Å²) in [6.07, 6.45) is 1.19. The molecule has 92 valence electrons. The van der Waals surface area contributed by atoms with E-state index in [1.54, 1.807) is 0 Å². The smallest absolute Gasteiger partial charge is 0.335 e. The molecule has 0 spiro atoms. The number of carboxylic acid groups (broad SMARTS) is 1. The number of rotatable bonds is 2. The molecule has 0 radical (unpaired) electrons. The molecule has 2 amide bonds. The Labute approximate surface area is 107 Å². The molecule has 0 aliphatic carbocycles. The average molecular weight is 266 g/mol. The molecule has 18 heavy (non-hydrogen) atoms. The lowest BCUT2D eigenvalue weighted by Crippen LogP contribution is -2.31. The first kappa shape index (κ1) is 12.3. The summed E-state index contributed by atoms with van der Waals surface area (Å²) in [6, 6.07) is 3.85. The number of imide groups is 1. The predicted octanol–water partition coefficient (Wildman–Crippen LogP) is 1.86. The van der Waals surface area contributed by atoms with Gasteiger partial charge in [-0.2, -0.15) is 0 Å². The van der Waals surface area contributed by atoms with Crippen molar-refractivity contribution in [3.63, 3.8) is 0 Å². The number of nitrogens with zero attached hydrogens (tertiary/aromatic N) is 1. The molecule has 1 aliphatic rings. The quantitative estimate of drug-likeness (QED) is 0.828. The van der Waals surface area contributed by atoms with E-state index in [-0.39, 0.29) is 21.8 Å². The Bertz CT molecular complexity index is 606. The summed E-state index contributed by atoms with van der Waals surface area (Å²) in [6.45, 7) is 1.51. The predicted molar refractivity (Wildman–Crippen MR) is 64.7 cm³/mol. The van der Waals surface area contributed by atoms with E-state index in [4.69, 9.17) is 16.7 Å². The number of anilines is 1. The van der Waals surface area contributed by atoms with Crippen molar-refractivity contribution in [2.75, 3.05) is 4.90 Å². The summed E-state index contributed by atoms with van der Waals surface area (Å²) in [4.78, 5) is 35.2. The molecule has 0 aromatic heterocycles. The minimum absolute atomic E-state index is 0.0421. The summed E-state index contributed by atoms with van der Waals surface area (Å²) in [5.74, 6) is -2.18. The third kappa shape index (κ3) is 1.89. The fraction of sp³-hybridized carbons (Fsp3) is 0.0833. The van der Waals surface area contributed by atoms with Crippen molar-refractivity contribution in [1.29, 1.82) is 0 Å². The molecule has 0 unspecified atom stereocenters. The van der Waals surface area contributed by atoms with Crippen LogP contribution in [0.5, 0.6) is 0 Å². The fourth-order valence-electron chi connectivity index (χ4n) is 1.63. The number of benzene rings is 1. The number of hydrogen-bond donors (Lipinski definition) is 1. The van der Waals surface area contributed by atoms with Gasteiger partial charge in [0.15, 0.2) is 0 Å². The van der Waals surface area contributed by atoms with Gasteiger partial charge >= 0.3 is 5.97 Å². The van der Waals surface area contributed by atoms with Crippen LogP contribution in [0.4, 0.5) is 5.69 Å². The second kappa shape index (κ2) is 4.27. The maximum atomic E-state index is 11.8. The summed E-state index contributed by atoms with van der Waals surface area (Å²) in [7, 11) is 0. The number of carboxylic acids is 1. The van der Waals surface area contributed by atoms with E-state index in [2.05, 4.69) is 0 Å². The Kier molecular flexibility index (Phi) is 2.92. The molecule has 5 nitrogen and oxygen atoms in total. The standard InChI is InChI=1S/C12H8ClNO4/c1-6-4-10(15)14(11(6)16)9-5-7(12(17)18)2-3-8(9)13/h2-5H,1H3,(H,17,18). The van der Waals surface area contributed by atoms with Gasteiger partial charge in [0.2, 0.25) is 0 Å². The molecule has 0 bridgehead atoms. The van der Waals surface area contributed by atoms with Crippen molar-refractivity contribution >= 4 is 35.1 Å². The van der Waals surface area contributed by atoms with E-state index in [1.165, 1.54) is 31.2 Å². The molecule has 0 fully saturated rings. The van der Waals surface area contributed by atoms with E-state index in [0.717, 1.165) is 4.90 Å². The molecule has 1 heterocycles. The lowest BCUT2D eigenvalue weighted by atomic mass is 10.2. The van der Waals surface area contributed by atoms with Gasteiger partial charge < -0.3 is 5.11 Å². The highest BCUT2D eigenvalue weighted by molar-refractivity contribution is 6.38. The molecule has 2 rings (SSSR count). The van der Waals surface area contributed by atoms with Crippen molar-refractivity contribution in [1.82, 2.24) is 0 Å². The van der Waals surface area contributed by atoms with Crippen LogP contribution in [0, 0.1) is 0 Å². The van der Waals surface area contributed by atoms with Crippen LogP contribution in [0.25, 0.3) is 0 Å². The van der Waals surface area contributed by atoms with Crippen LogP contribution in [-0.4, -0.2) is 22.9 Å². The van der Waals surface area contributed by atoms with Crippen molar-refractivity contribution < 1.29 is 19.5 Å². The van der Waals surface area contributed by atoms with Crippen LogP contribution < -0.4 is 4.90 Å². The zero-order chi connectivity index (χ0) is 13.4. The first-order valence-electron chi connectivity index (χ1n) is 5.01. The number of carbonyl (C=O) groups excluding carboxylic acids is 2. The van der Waals surface area contributed by atoms with Gasteiger partial charge in [0.1, 0.15) is 0 Å². The molecule has 1 N–H and O–H groups in total. The first-order valence-corrected chi connectivity index (χ1v) is 5.39. The van der Waals surface area contributed by atoms with Crippen LogP contribution in [0.2, 0.25) is 5.02 Å². The molecular formula is C12H8ClNO4. The van der Waals surface area contributed by atoms with E-state index in [1.807, 2.05) is 0 Å². The van der Waals surface area contributed by atoms with Gasteiger partial charge in [-0.1, -0.05) is 11.6 Å². The highest BCUT2D eigenvalue weighted by Gasteiger charge is 2.31. The number of aromatic carboxylic acids is 1. The van der Waals surface area contributed by atoms with Gasteiger partial charge in [-0.25, -0.2) is 9.69 Å². The zero-order valence-corrected chi connectivity index (χ0v) is 10.1.